The lowest BCUT2D eigenvalue weighted by atomic mass is 9.92. The monoisotopic (exact) mass is 668 g/mol. The van der Waals surface area contributed by atoms with Gasteiger partial charge in [0.25, 0.3) is 0 Å². The first kappa shape index (κ1) is 39.8. The van der Waals surface area contributed by atoms with Gasteiger partial charge in [-0.2, -0.15) is 0 Å². The minimum atomic E-state index is -2.65. The maximum absolute atomic E-state index is 9.54. The molecule has 0 aliphatic heterocycles. The molecule has 2 rings (SSSR count). The Morgan fingerprint density at radius 1 is 0.511 bits per heavy atom. The topological polar surface area (TPSA) is 118 Å². The Kier molecular flexibility index (Phi) is 21.9. The number of benzene rings is 2. The molecule has 2 aromatic carbocycles. The van der Waals surface area contributed by atoms with Gasteiger partial charge in [0.1, 0.15) is 24.7 Å². The van der Waals surface area contributed by atoms with Crippen LogP contribution in [0.15, 0.2) is 48.5 Å². The summed E-state index contributed by atoms with van der Waals surface area (Å²) in [5.41, 5.74) is 1.33. The van der Waals surface area contributed by atoms with Crippen LogP contribution in [0.5, 0.6) is 11.5 Å². The maximum atomic E-state index is 9.54. The Balaban J connectivity index is 2.02. The fraction of sp³-hybridized carbons (Fsp3) is 0.657. The van der Waals surface area contributed by atoms with Crippen molar-refractivity contribution in [3.8, 4) is 11.5 Å². The average molecular weight is 669 g/mol. The van der Waals surface area contributed by atoms with Gasteiger partial charge in [-0.25, -0.2) is 0 Å². The van der Waals surface area contributed by atoms with Crippen LogP contribution in [0.1, 0.15) is 115 Å². The summed E-state index contributed by atoms with van der Waals surface area (Å²) in [5, 5.41) is 0. The van der Waals surface area contributed by atoms with E-state index in [-0.39, 0.29) is 26.4 Å². The Morgan fingerprint density at radius 3 is 1.27 bits per heavy atom. The molecule has 0 heterocycles. The molecule has 0 bridgehead atoms. The van der Waals surface area contributed by atoms with Gasteiger partial charge in [-0.1, -0.05) is 115 Å². The predicted molar refractivity (Wildman–Crippen MR) is 184 cm³/mol. The van der Waals surface area contributed by atoms with Gasteiger partial charge in [-0.3, -0.25) is 0 Å². The lowest BCUT2D eigenvalue weighted by molar-refractivity contribution is -0.00890. The third-order valence-electron chi connectivity index (χ3n) is 8.00. The second-order valence-corrected chi connectivity index (χ2v) is 13.7. The summed E-state index contributed by atoms with van der Waals surface area (Å²) in [5.74, 6) is 1.34. The summed E-state index contributed by atoms with van der Waals surface area (Å²) >= 11 is 0. The smallest absolute Gasteiger partial charge is 0.327 e. The van der Waals surface area contributed by atoms with E-state index in [0.29, 0.717) is 11.5 Å². The molecule has 0 spiro atoms. The standard InChI is InChI=1S/C35H58O8P2/c1-3-5-7-9-11-13-15-19-31-21-17-23-33(25-31)40-27-35(29-42-44(36)37,30-43-45(38)39)28-41-34-24-18-22-32(26-34)20-16-14-12-10-8-6-4-2/h17-18,21-26,36-39H,3-16,19-20,27-30H2,1-2H3. The van der Waals surface area contributed by atoms with Gasteiger partial charge in [0, 0.05) is 0 Å². The summed E-state index contributed by atoms with van der Waals surface area (Å²) in [6.45, 7) is 4.19. The van der Waals surface area contributed by atoms with E-state index in [0.717, 1.165) is 25.7 Å². The number of hydrogen-bond donors (Lipinski definition) is 4. The zero-order chi connectivity index (χ0) is 32.6. The summed E-state index contributed by atoms with van der Waals surface area (Å²) in [6, 6.07) is 15.9. The van der Waals surface area contributed by atoms with Crippen molar-refractivity contribution in [1.82, 2.24) is 0 Å². The van der Waals surface area contributed by atoms with Crippen LogP contribution in [0.2, 0.25) is 0 Å². The highest BCUT2D eigenvalue weighted by Crippen LogP contribution is 2.35. The van der Waals surface area contributed by atoms with E-state index in [1.165, 1.54) is 88.2 Å². The minimum Gasteiger partial charge on any atom is -0.493 e. The van der Waals surface area contributed by atoms with Crippen molar-refractivity contribution in [3.05, 3.63) is 59.7 Å². The van der Waals surface area contributed by atoms with Crippen LogP contribution < -0.4 is 9.47 Å². The molecule has 0 saturated carbocycles. The first-order valence-corrected chi connectivity index (χ1v) is 19.2. The third-order valence-corrected chi connectivity index (χ3v) is 8.72. The van der Waals surface area contributed by atoms with E-state index in [2.05, 4.69) is 26.0 Å². The van der Waals surface area contributed by atoms with Gasteiger partial charge in [0.15, 0.2) is 0 Å². The van der Waals surface area contributed by atoms with Crippen LogP contribution in [-0.4, -0.2) is 46.0 Å². The molecule has 256 valence electrons. The van der Waals surface area contributed by atoms with E-state index in [4.69, 9.17) is 18.5 Å². The fourth-order valence-electron chi connectivity index (χ4n) is 5.27. The first-order chi connectivity index (χ1) is 21.9. The highest BCUT2D eigenvalue weighted by molar-refractivity contribution is 7.39. The molecule has 45 heavy (non-hydrogen) atoms. The van der Waals surface area contributed by atoms with Gasteiger partial charge in [0.05, 0.1) is 18.6 Å². The summed E-state index contributed by atoms with van der Waals surface area (Å²) in [7, 11) is -5.29. The molecule has 8 nitrogen and oxygen atoms in total. The van der Waals surface area contributed by atoms with Gasteiger partial charge in [-0.15, -0.1) is 0 Å². The van der Waals surface area contributed by atoms with E-state index < -0.39 is 22.6 Å². The average Bonchev–Trinajstić information content (AvgIpc) is 3.03. The highest BCUT2D eigenvalue weighted by atomic mass is 31.2. The predicted octanol–water partition coefficient (Wildman–Crippen LogP) is 9.17. The molecule has 0 amide bonds. The molecule has 2 aromatic rings. The van der Waals surface area contributed by atoms with Crippen molar-refractivity contribution in [1.29, 1.82) is 0 Å². The number of ether oxygens (including phenoxy) is 2. The molecule has 0 atom stereocenters. The van der Waals surface area contributed by atoms with E-state index >= 15 is 0 Å². The van der Waals surface area contributed by atoms with Gasteiger partial charge in [-0.05, 0) is 61.1 Å². The van der Waals surface area contributed by atoms with Crippen molar-refractivity contribution in [2.75, 3.05) is 26.4 Å². The van der Waals surface area contributed by atoms with E-state index in [9.17, 15) is 19.6 Å². The molecule has 10 heteroatoms. The highest BCUT2D eigenvalue weighted by Gasteiger charge is 2.36. The van der Waals surface area contributed by atoms with Crippen LogP contribution >= 0.6 is 17.2 Å². The molecule has 0 saturated heterocycles. The molecule has 0 fully saturated rings. The second-order valence-electron chi connectivity index (χ2n) is 12.2. The Morgan fingerprint density at radius 2 is 0.889 bits per heavy atom. The van der Waals surface area contributed by atoms with Crippen molar-refractivity contribution in [2.45, 2.75) is 117 Å². The first-order valence-electron chi connectivity index (χ1n) is 16.9. The van der Waals surface area contributed by atoms with Crippen LogP contribution in [0.4, 0.5) is 0 Å². The van der Waals surface area contributed by atoms with Crippen molar-refractivity contribution in [2.24, 2.45) is 5.41 Å². The third kappa shape index (κ3) is 19.2. The molecule has 0 aliphatic carbocycles. The molecular weight excluding hydrogens is 610 g/mol. The van der Waals surface area contributed by atoms with Gasteiger partial charge >= 0.3 is 17.2 Å². The molecule has 0 radical (unpaired) electrons. The van der Waals surface area contributed by atoms with Crippen molar-refractivity contribution < 1.29 is 38.1 Å². The number of aryl methyl sites for hydroxylation is 2. The van der Waals surface area contributed by atoms with Gasteiger partial charge < -0.3 is 38.1 Å². The van der Waals surface area contributed by atoms with E-state index in [1.807, 2.05) is 36.4 Å². The lowest BCUT2D eigenvalue weighted by Crippen LogP contribution is -2.43. The van der Waals surface area contributed by atoms with Crippen LogP contribution in [0, 0.1) is 5.41 Å². The Hall–Kier alpha value is -1.34. The van der Waals surface area contributed by atoms with Crippen molar-refractivity contribution >= 4 is 17.2 Å². The molecule has 0 aromatic heterocycles. The molecular formula is C35H58O8P2. The quantitative estimate of drug-likeness (QED) is 0.0524. The fourth-order valence-corrected chi connectivity index (χ4v) is 6.04. The summed E-state index contributed by atoms with van der Waals surface area (Å²) in [6.07, 6.45) is 19.5. The minimum absolute atomic E-state index is 0.0396. The normalized spacial score (nSPS) is 11.9. The number of rotatable bonds is 28. The molecule has 0 aliphatic rings. The van der Waals surface area contributed by atoms with Crippen LogP contribution in [-0.2, 0) is 21.9 Å². The zero-order valence-electron chi connectivity index (χ0n) is 27.6. The lowest BCUT2D eigenvalue weighted by Gasteiger charge is -2.33. The molecule has 4 N–H and O–H groups in total. The summed E-state index contributed by atoms with van der Waals surface area (Å²) in [4.78, 5) is 38.2. The van der Waals surface area contributed by atoms with Crippen LogP contribution in [0.25, 0.3) is 0 Å². The van der Waals surface area contributed by atoms with E-state index in [1.54, 1.807) is 0 Å². The van der Waals surface area contributed by atoms with Crippen LogP contribution in [0.3, 0.4) is 0 Å². The summed E-state index contributed by atoms with van der Waals surface area (Å²) < 4.78 is 22.9. The van der Waals surface area contributed by atoms with Crippen molar-refractivity contribution in [3.63, 3.8) is 0 Å². The second kappa shape index (κ2) is 24.8. The van der Waals surface area contributed by atoms with Gasteiger partial charge in [0.2, 0.25) is 0 Å². The maximum Gasteiger partial charge on any atom is 0.327 e. The number of hydrogen-bond acceptors (Lipinski definition) is 8. The number of unbranched alkanes of at least 4 members (excludes halogenated alkanes) is 12. The zero-order valence-corrected chi connectivity index (χ0v) is 29.4. The Labute approximate surface area is 274 Å². The largest absolute Gasteiger partial charge is 0.493 e. The molecule has 0 unspecified atom stereocenters. The SMILES string of the molecule is CCCCCCCCCc1cccc(OCC(COc2cccc(CCCCCCCCC)c2)(COP(O)O)COP(O)O)c1. The Bertz CT molecular complexity index is 928.